The van der Waals surface area contributed by atoms with Crippen LogP contribution in [-0.2, 0) is 92.7 Å². The Hall–Kier alpha value is -15.9. The molecule has 12 amide bonds. The minimum absolute atomic E-state index is 0.0976. The average molecular weight is 1880 g/mol. The molecule has 38 heteroatoms. The molecule has 10 heterocycles. The van der Waals surface area contributed by atoms with Gasteiger partial charge < -0.3 is 70.8 Å². The molecule has 0 aliphatic carbocycles. The van der Waals surface area contributed by atoms with Crippen molar-refractivity contribution in [3.8, 4) is 56.9 Å². The van der Waals surface area contributed by atoms with Crippen LogP contribution in [0.2, 0.25) is 0 Å². The highest BCUT2D eigenvalue weighted by Crippen LogP contribution is 2.25. The summed E-state index contributed by atoms with van der Waals surface area (Å²) >= 11 is 0. The first-order valence-corrected chi connectivity index (χ1v) is 44.9. The van der Waals surface area contributed by atoms with Crippen LogP contribution in [0.5, 0.6) is 0 Å². The van der Waals surface area contributed by atoms with Crippen molar-refractivity contribution in [1.82, 2.24) is 111 Å². The SMILES string of the molecule is CC(=O)N(CCNC(=O)CN(CCNC(=O)c1ccnc(-c2cc(C(=O)NCCN(CC(=O)NCCN(CC(=O)NCCN(CC(=O)OC(C)(C)C)C(=O)Cc3ccnc(-c4cc(C)ccn4)c3)C(C)=O)C(=O)Cc3ccnc(-c4cc(C)ccn4)c3)ccn2)c1)C(=O)Cc1ccnc(-c2cc(C)ccn2)c1)CC(=O)NCCN(CC(=O)OC(C)(C)C)C(=O)Cc1ccnc(-c2cc(C)ccn2)c1. The van der Waals surface area contributed by atoms with Gasteiger partial charge in [-0.05, 0) is 235 Å². The van der Waals surface area contributed by atoms with E-state index in [2.05, 4.69) is 81.7 Å². The molecule has 0 atom stereocenters. The maximum absolute atomic E-state index is 14.4. The van der Waals surface area contributed by atoms with Gasteiger partial charge in [0.05, 0.1) is 109 Å². The molecule has 0 fully saturated rings. The monoisotopic (exact) mass is 1880 g/mol. The van der Waals surface area contributed by atoms with Crippen LogP contribution >= 0.6 is 0 Å². The summed E-state index contributed by atoms with van der Waals surface area (Å²) in [6.07, 6.45) is 15.0. The Kier molecular flexibility index (Phi) is 38.1. The van der Waals surface area contributed by atoms with Crippen molar-refractivity contribution in [2.75, 3.05) is 118 Å². The number of rotatable bonds is 45. The summed E-state index contributed by atoms with van der Waals surface area (Å²) < 4.78 is 11.1. The van der Waals surface area contributed by atoms with Gasteiger partial charge in [-0.25, -0.2) is 0 Å². The molecular weight excluding hydrogens is 1770 g/mol. The second-order valence-corrected chi connectivity index (χ2v) is 34.9. The van der Waals surface area contributed by atoms with Gasteiger partial charge in [-0.15, -0.1) is 0 Å². The molecule has 10 aromatic rings. The lowest BCUT2D eigenvalue weighted by atomic mass is 10.1. The van der Waals surface area contributed by atoms with E-state index in [0.29, 0.717) is 67.8 Å². The normalized spacial score (nSPS) is 11.1. The van der Waals surface area contributed by atoms with E-state index in [4.69, 9.17) is 9.47 Å². The molecule has 0 aliphatic rings. The van der Waals surface area contributed by atoms with E-state index in [1.165, 1.54) is 79.9 Å². The Labute approximate surface area is 800 Å². The van der Waals surface area contributed by atoms with Crippen LogP contribution in [-0.4, -0.2) is 291 Å². The summed E-state index contributed by atoms with van der Waals surface area (Å²) in [5.74, 6) is -7.85. The van der Waals surface area contributed by atoms with E-state index >= 15 is 0 Å². The number of esters is 2. The van der Waals surface area contributed by atoms with Crippen molar-refractivity contribution in [3.05, 3.63) is 239 Å². The molecule has 0 saturated heterocycles. The van der Waals surface area contributed by atoms with Crippen molar-refractivity contribution in [3.63, 3.8) is 0 Å². The molecule has 0 radical (unpaired) electrons. The molecule has 0 aliphatic heterocycles. The fourth-order valence-electron chi connectivity index (χ4n) is 14.1. The van der Waals surface area contributed by atoms with E-state index in [9.17, 15) is 67.1 Å². The first kappa shape index (κ1) is 104. The van der Waals surface area contributed by atoms with Crippen LogP contribution in [0.4, 0.5) is 0 Å². The largest absolute Gasteiger partial charge is 0.459 e. The second kappa shape index (κ2) is 50.4. The topological polar surface area (TPSA) is 478 Å². The maximum Gasteiger partial charge on any atom is 0.326 e. The molecule has 38 nitrogen and oxygen atoms in total. The van der Waals surface area contributed by atoms with Gasteiger partial charge in [0.25, 0.3) is 11.8 Å². The molecule has 138 heavy (non-hydrogen) atoms. The first-order chi connectivity index (χ1) is 65.8. The number of aryl methyl sites for hydroxylation is 4. The van der Waals surface area contributed by atoms with E-state index < -0.39 is 133 Å². The summed E-state index contributed by atoms with van der Waals surface area (Å²) in [5, 5.41) is 16.5. The predicted molar refractivity (Wildman–Crippen MR) is 510 cm³/mol. The van der Waals surface area contributed by atoms with Crippen LogP contribution in [0.1, 0.15) is 121 Å². The highest BCUT2D eigenvalue weighted by Gasteiger charge is 2.29. The van der Waals surface area contributed by atoms with Gasteiger partial charge in [0.2, 0.25) is 59.1 Å². The molecule has 0 spiro atoms. The number of nitrogens with zero attached hydrogens (tertiary/aromatic N) is 16. The molecule has 0 bridgehead atoms. The molecule has 10 rings (SSSR count). The Morgan fingerprint density at radius 1 is 0.261 bits per heavy atom. The molecule has 6 N–H and O–H groups in total. The molecule has 0 saturated carbocycles. The fourth-order valence-corrected chi connectivity index (χ4v) is 14.1. The number of hydrogen-bond acceptors (Lipinski definition) is 26. The number of ether oxygens (including phenoxy) is 2. The Bertz CT molecular complexity index is 5700. The maximum atomic E-state index is 14.4. The van der Waals surface area contributed by atoms with Gasteiger partial charge in [-0.1, -0.05) is 0 Å². The third-order valence-electron chi connectivity index (χ3n) is 21.0. The van der Waals surface area contributed by atoms with Crippen molar-refractivity contribution >= 4 is 82.8 Å². The van der Waals surface area contributed by atoms with Crippen molar-refractivity contribution < 1.29 is 76.6 Å². The van der Waals surface area contributed by atoms with Crippen LogP contribution < -0.4 is 31.9 Å². The van der Waals surface area contributed by atoms with Crippen LogP contribution in [0.15, 0.2) is 183 Å². The highest BCUT2D eigenvalue weighted by atomic mass is 16.6. The quantitative estimate of drug-likeness (QED) is 0.0246. The average Bonchev–Trinajstić information content (AvgIpc) is 0.802. The van der Waals surface area contributed by atoms with Gasteiger partial charge in [0.1, 0.15) is 24.3 Å². The Morgan fingerprint density at radius 3 is 0.703 bits per heavy atom. The standard InChI is InChI=1S/C100H116N22O16/c1-65-13-23-101-77(45-65)81-49-71(17-27-105-81)53-91(129)119(61-89(127)111-33-39-117(69(5)123)59-87(125)113-35-41-121(63-95(133)137-99(7,8)9)93(131)55-73-19-29-107-83(51-73)79-47-67(3)15-25-103-79)43-37-115-97(135)75-21-31-109-85(57-75)86-58-76(22-32-110-86)98(136)116-38-44-120(92(130)54-72-18-28-106-82(50-72)78-46-66(2)14-24-102-78)62-90(128)112-34-40-118(70(6)124)60-88(126)114-36-42-122(64-96(134)138-100(10,11)12)94(132)56-74-20-30-108-84(52-74)80-48-68(4)16-26-104-80/h13-32,45-52,57-58H,33-44,53-56,59-64H2,1-12H3,(H,111,127)(H,112,128)(H,113,125)(H,114,126)(H,115,135)(H,116,136). The van der Waals surface area contributed by atoms with Crippen molar-refractivity contribution in [2.45, 2.75) is 120 Å². The number of carbonyl (C=O) groups excluding carboxylic acids is 14. The summed E-state index contributed by atoms with van der Waals surface area (Å²) in [6, 6.07) is 34.2. The van der Waals surface area contributed by atoms with Crippen molar-refractivity contribution in [1.29, 1.82) is 0 Å². The lowest BCUT2D eigenvalue weighted by molar-refractivity contribution is -0.159. The van der Waals surface area contributed by atoms with Gasteiger partial charge in [0.15, 0.2) is 0 Å². The number of nitrogens with one attached hydrogen (secondary N) is 6. The van der Waals surface area contributed by atoms with Gasteiger partial charge in [0, 0.05) is 165 Å². The smallest absolute Gasteiger partial charge is 0.326 e. The summed E-state index contributed by atoms with van der Waals surface area (Å²) in [5.41, 5.74) is 9.53. The van der Waals surface area contributed by atoms with Crippen LogP contribution in [0.3, 0.4) is 0 Å². The zero-order valence-corrected chi connectivity index (χ0v) is 79.6. The minimum Gasteiger partial charge on any atom is -0.459 e. The lowest BCUT2D eigenvalue weighted by Crippen LogP contribution is -2.48. The van der Waals surface area contributed by atoms with Gasteiger partial charge >= 0.3 is 11.9 Å². The number of amides is 12. The second-order valence-electron chi connectivity index (χ2n) is 34.9. The zero-order chi connectivity index (χ0) is 99.6. The van der Waals surface area contributed by atoms with Gasteiger partial charge in [-0.2, -0.15) is 0 Å². The molecule has 0 aromatic carbocycles. The number of pyridine rings is 10. The van der Waals surface area contributed by atoms with E-state index in [1.54, 1.807) is 140 Å². The first-order valence-electron chi connectivity index (χ1n) is 44.9. The Balaban J connectivity index is 0.735. The summed E-state index contributed by atoms with van der Waals surface area (Å²) in [6.45, 7) is 16.0. The van der Waals surface area contributed by atoms with Gasteiger partial charge in [-0.3, -0.25) is 117 Å². The third kappa shape index (κ3) is 34.5. The molecular formula is C100H116N22O16. The Morgan fingerprint density at radius 2 is 0.464 bits per heavy atom. The lowest BCUT2D eigenvalue weighted by Gasteiger charge is -2.26. The highest BCUT2D eigenvalue weighted by molar-refractivity contribution is 5.97. The third-order valence-corrected chi connectivity index (χ3v) is 21.0. The minimum atomic E-state index is -0.850. The van der Waals surface area contributed by atoms with Crippen LogP contribution in [0, 0.1) is 27.7 Å². The zero-order valence-electron chi connectivity index (χ0n) is 79.6. The predicted octanol–water partition coefficient (Wildman–Crippen LogP) is 5.80. The summed E-state index contributed by atoms with van der Waals surface area (Å²) in [4.78, 5) is 244. The van der Waals surface area contributed by atoms with Crippen molar-refractivity contribution in [2.24, 2.45) is 0 Å². The number of carbonyl (C=O) groups is 14. The fraction of sp³-hybridized carbons (Fsp3) is 0.360. The van der Waals surface area contributed by atoms with E-state index in [1.807, 2.05) is 76.2 Å². The summed E-state index contributed by atoms with van der Waals surface area (Å²) in [7, 11) is 0. The number of hydrogen-bond donors (Lipinski definition) is 6. The van der Waals surface area contributed by atoms with E-state index in [-0.39, 0.29) is 127 Å². The molecule has 10 aromatic heterocycles. The van der Waals surface area contributed by atoms with E-state index in [0.717, 1.165) is 22.3 Å². The number of aromatic nitrogens is 10. The molecule has 722 valence electrons. The molecule has 0 unspecified atom stereocenters. The van der Waals surface area contributed by atoms with Crippen LogP contribution in [0.25, 0.3) is 56.9 Å².